The van der Waals surface area contributed by atoms with Gasteiger partial charge in [0.05, 0.1) is 14.7 Å². The summed E-state index contributed by atoms with van der Waals surface area (Å²) in [5.74, 6) is 0. The zero-order valence-corrected chi connectivity index (χ0v) is 12.0. The summed E-state index contributed by atoms with van der Waals surface area (Å²) in [5, 5.41) is 0. The minimum Gasteiger partial charge on any atom is -0.313 e. The number of hydrogen-bond acceptors (Lipinski definition) is 1. The summed E-state index contributed by atoms with van der Waals surface area (Å²) in [6.07, 6.45) is -10.4. The van der Waals surface area contributed by atoms with Crippen LogP contribution in [0.25, 0.3) is 0 Å². The van der Waals surface area contributed by atoms with Crippen LogP contribution in [0.2, 0.25) is 24.2 Å². The quantitative estimate of drug-likeness (QED) is 0.345. The Kier molecular flexibility index (Phi) is 6.77. The van der Waals surface area contributed by atoms with Gasteiger partial charge in [0, 0.05) is 0 Å². The SMILES string of the molecule is CC[Si](CC)(CC)CCCOC(F)(F)C(F)(F)F. The third-order valence-corrected chi connectivity index (χ3v) is 9.63. The highest BCUT2D eigenvalue weighted by Gasteiger charge is 2.59. The average molecular weight is 292 g/mol. The third kappa shape index (κ3) is 4.83. The molecule has 0 aliphatic carbocycles. The molecule has 0 bridgehead atoms. The second kappa shape index (κ2) is 6.84. The molecule has 0 N–H and O–H groups in total. The Morgan fingerprint density at radius 1 is 0.889 bits per heavy atom. The molecule has 0 aromatic rings. The average Bonchev–Trinajstić information content (AvgIpc) is 2.29. The summed E-state index contributed by atoms with van der Waals surface area (Å²) in [6.45, 7) is 5.64. The van der Waals surface area contributed by atoms with Crippen molar-refractivity contribution in [1.29, 1.82) is 0 Å². The summed E-state index contributed by atoms with van der Waals surface area (Å²) in [6, 6.07) is 3.81. The van der Waals surface area contributed by atoms with Crippen LogP contribution in [0.3, 0.4) is 0 Å². The van der Waals surface area contributed by atoms with E-state index in [9.17, 15) is 22.0 Å². The molecule has 1 nitrogen and oxygen atoms in total. The molecule has 110 valence electrons. The molecule has 0 fully saturated rings. The lowest BCUT2D eigenvalue weighted by atomic mass is 10.5. The molecule has 0 unspecified atom stereocenters. The maximum Gasteiger partial charge on any atom is 0.482 e. The molecule has 0 aromatic heterocycles. The highest BCUT2D eigenvalue weighted by molar-refractivity contribution is 6.79. The lowest BCUT2D eigenvalue weighted by Crippen LogP contribution is -2.39. The summed E-state index contributed by atoms with van der Waals surface area (Å²) in [7, 11) is -1.47. The highest BCUT2D eigenvalue weighted by Crippen LogP contribution is 2.36. The Morgan fingerprint density at radius 2 is 1.33 bits per heavy atom. The number of halogens is 5. The minimum atomic E-state index is -5.62. The molecule has 7 heteroatoms. The van der Waals surface area contributed by atoms with Crippen molar-refractivity contribution in [3.8, 4) is 0 Å². The van der Waals surface area contributed by atoms with E-state index in [4.69, 9.17) is 0 Å². The molecule has 0 spiro atoms. The lowest BCUT2D eigenvalue weighted by Gasteiger charge is -2.28. The first kappa shape index (κ1) is 17.8. The Hall–Kier alpha value is -0.173. The summed E-state index contributed by atoms with van der Waals surface area (Å²) >= 11 is 0. The van der Waals surface area contributed by atoms with Crippen molar-refractivity contribution in [1.82, 2.24) is 0 Å². The molecule has 0 radical (unpaired) electrons. The highest BCUT2D eigenvalue weighted by atomic mass is 28.3. The van der Waals surface area contributed by atoms with Gasteiger partial charge in [0.1, 0.15) is 0 Å². The number of hydrogen-bond donors (Lipinski definition) is 0. The number of alkyl halides is 5. The van der Waals surface area contributed by atoms with Crippen molar-refractivity contribution in [3.63, 3.8) is 0 Å². The Bertz CT molecular complexity index is 226. The summed E-state index contributed by atoms with van der Waals surface area (Å²) < 4.78 is 64.1. The Labute approximate surface area is 106 Å². The third-order valence-electron chi connectivity index (χ3n) is 3.71. The molecule has 0 saturated heterocycles. The molecule has 0 saturated carbocycles. The Balaban J connectivity index is 4.14. The van der Waals surface area contributed by atoms with E-state index in [1.807, 2.05) is 0 Å². The lowest BCUT2D eigenvalue weighted by molar-refractivity contribution is -0.391. The van der Waals surface area contributed by atoms with E-state index in [-0.39, 0.29) is 6.42 Å². The van der Waals surface area contributed by atoms with E-state index in [0.717, 1.165) is 24.2 Å². The molecule has 0 aromatic carbocycles. The van der Waals surface area contributed by atoms with E-state index < -0.39 is 27.0 Å². The predicted molar refractivity (Wildman–Crippen MR) is 63.6 cm³/mol. The fourth-order valence-electron chi connectivity index (χ4n) is 2.01. The standard InChI is InChI=1S/C11H21F5OSi/c1-4-18(5-2,6-3)9-7-8-17-11(15,16)10(12,13)14/h4-9H2,1-3H3. The molecule has 0 aliphatic rings. The predicted octanol–water partition coefficient (Wildman–Crippen LogP) is 5.06. The van der Waals surface area contributed by atoms with Gasteiger partial charge < -0.3 is 4.74 Å². The monoisotopic (exact) mass is 292 g/mol. The van der Waals surface area contributed by atoms with E-state index in [1.165, 1.54) is 0 Å². The van der Waals surface area contributed by atoms with Crippen LogP contribution in [0, 0.1) is 0 Å². The van der Waals surface area contributed by atoms with Gasteiger partial charge in [-0.05, 0) is 6.42 Å². The molecule has 0 atom stereocenters. The van der Waals surface area contributed by atoms with Gasteiger partial charge in [-0.15, -0.1) is 0 Å². The van der Waals surface area contributed by atoms with Gasteiger partial charge in [-0.3, -0.25) is 0 Å². The maximum atomic E-state index is 12.5. The zero-order chi connectivity index (χ0) is 14.4. The van der Waals surface area contributed by atoms with Crippen LogP contribution in [-0.4, -0.2) is 27.0 Å². The first-order chi connectivity index (χ1) is 8.14. The fraction of sp³-hybridized carbons (Fsp3) is 1.00. The van der Waals surface area contributed by atoms with Crippen molar-refractivity contribution >= 4 is 8.07 Å². The van der Waals surface area contributed by atoms with Crippen LogP contribution in [-0.2, 0) is 4.74 Å². The maximum absolute atomic E-state index is 12.5. The van der Waals surface area contributed by atoms with Gasteiger partial charge in [-0.2, -0.15) is 22.0 Å². The first-order valence-electron chi connectivity index (χ1n) is 6.22. The van der Waals surface area contributed by atoms with Crippen LogP contribution >= 0.6 is 0 Å². The van der Waals surface area contributed by atoms with E-state index in [1.54, 1.807) is 0 Å². The van der Waals surface area contributed by atoms with Crippen molar-refractivity contribution < 1.29 is 26.7 Å². The van der Waals surface area contributed by atoms with Gasteiger partial charge >= 0.3 is 12.3 Å². The second-order valence-electron chi connectivity index (χ2n) is 4.53. The molecule has 0 aliphatic heterocycles. The van der Waals surface area contributed by atoms with Crippen molar-refractivity contribution in [2.24, 2.45) is 0 Å². The van der Waals surface area contributed by atoms with E-state index >= 15 is 0 Å². The Morgan fingerprint density at radius 3 is 1.67 bits per heavy atom. The molecular weight excluding hydrogens is 271 g/mol. The zero-order valence-electron chi connectivity index (χ0n) is 11.0. The first-order valence-corrected chi connectivity index (χ1v) is 9.05. The largest absolute Gasteiger partial charge is 0.482 e. The van der Waals surface area contributed by atoms with Gasteiger partial charge in [0.25, 0.3) is 0 Å². The van der Waals surface area contributed by atoms with Crippen LogP contribution in [0.15, 0.2) is 0 Å². The topological polar surface area (TPSA) is 9.23 Å². The van der Waals surface area contributed by atoms with Crippen molar-refractivity contribution in [3.05, 3.63) is 0 Å². The summed E-state index contributed by atoms with van der Waals surface area (Å²) in [5.41, 5.74) is 0. The van der Waals surface area contributed by atoms with Crippen LogP contribution < -0.4 is 0 Å². The molecule has 0 rings (SSSR count). The molecule has 0 amide bonds. The van der Waals surface area contributed by atoms with E-state index in [2.05, 4.69) is 25.5 Å². The van der Waals surface area contributed by atoms with Crippen molar-refractivity contribution in [2.45, 2.75) is 63.7 Å². The van der Waals surface area contributed by atoms with Crippen LogP contribution in [0.5, 0.6) is 0 Å². The normalized spacial score (nSPS) is 14.0. The molecule has 0 heterocycles. The number of rotatable bonds is 8. The molecule has 18 heavy (non-hydrogen) atoms. The van der Waals surface area contributed by atoms with Gasteiger partial charge in [0.2, 0.25) is 0 Å². The van der Waals surface area contributed by atoms with Gasteiger partial charge in [0.15, 0.2) is 0 Å². The molecular formula is C11H21F5OSi. The van der Waals surface area contributed by atoms with E-state index in [0.29, 0.717) is 0 Å². The van der Waals surface area contributed by atoms with Crippen LogP contribution in [0.4, 0.5) is 22.0 Å². The second-order valence-corrected chi connectivity index (χ2v) is 10.1. The smallest absolute Gasteiger partial charge is 0.313 e. The van der Waals surface area contributed by atoms with Crippen molar-refractivity contribution in [2.75, 3.05) is 6.61 Å². The van der Waals surface area contributed by atoms with Crippen LogP contribution in [0.1, 0.15) is 27.2 Å². The van der Waals surface area contributed by atoms with Gasteiger partial charge in [-0.1, -0.05) is 44.9 Å². The number of ether oxygens (including phenoxy) is 1. The minimum absolute atomic E-state index is 0.271. The fourth-order valence-corrected chi connectivity index (χ4v) is 5.46. The summed E-state index contributed by atoms with van der Waals surface area (Å²) in [4.78, 5) is 0. The van der Waals surface area contributed by atoms with Gasteiger partial charge in [-0.25, -0.2) is 0 Å².